The zero-order valence-electron chi connectivity index (χ0n) is 46.5. The van der Waals surface area contributed by atoms with Gasteiger partial charge in [0.2, 0.25) is 0 Å². The molecule has 0 amide bonds. The molecule has 0 radical (unpaired) electrons. The normalized spacial score (nSPS) is 21.3. The predicted octanol–water partition coefficient (Wildman–Crippen LogP) is 19.2. The predicted molar refractivity (Wildman–Crippen MR) is 323 cm³/mol. The van der Waals surface area contributed by atoms with E-state index in [-0.39, 0.29) is 21.7 Å². The van der Waals surface area contributed by atoms with Gasteiger partial charge in [-0.2, -0.15) is 0 Å². The van der Waals surface area contributed by atoms with E-state index in [4.69, 9.17) is 9.72 Å². The Morgan fingerprint density at radius 3 is 1.82 bits per heavy atom. The molecule has 0 atom stereocenters. The van der Waals surface area contributed by atoms with E-state index >= 15 is 0 Å². The van der Waals surface area contributed by atoms with E-state index < -0.39 is 0 Å². The number of rotatable bonds is 7. The van der Waals surface area contributed by atoms with Crippen molar-refractivity contribution in [3.05, 3.63) is 204 Å². The first-order valence-electron chi connectivity index (χ1n) is 28.5. The maximum Gasteiger partial charge on any atom is 0.137 e. The summed E-state index contributed by atoms with van der Waals surface area (Å²) in [5.41, 5.74) is 13.6. The van der Waals surface area contributed by atoms with Crippen LogP contribution in [0.1, 0.15) is 122 Å². The first kappa shape index (κ1) is 48.0. The van der Waals surface area contributed by atoms with Gasteiger partial charge in [-0.15, -0.1) is 0 Å². The number of nitrogens with zero attached hydrogens (tertiary/aromatic N) is 4. The SMILES string of the molecule is CC(C)(C)c1cc(Oc2ccc3c4ccccc4n(-c4cc(C5(c6cccc7c6ccc6ccccc67)C6CC7CC(C6)CC5C7)ccn4)c3c2)cc(N2CN(c3c(C(C)(C)C)cccc3C(C)(C)C)c3ccccc32)c1. The van der Waals surface area contributed by atoms with Crippen LogP contribution < -0.4 is 14.5 Å². The fourth-order valence-electron chi connectivity index (χ4n) is 15.5. The van der Waals surface area contributed by atoms with Crippen molar-refractivity contribution < 1.29 is 4.74 Å². The van der Waals surface area contributed by atoms with Crippen LogP contribution in [-0.2, 0) is 21.7 Å². The second-order valence-electron chi connectivity index (χ2n) is 26.6. The number of aromatic nitrogens is 2. The number of benzene rings is 8. The summed E-state index contributed by atoms with van der Waals surface area (Å²) in [6.45, 7) is 21.6. The van der Waals surface area contributed by atoms with Gasteiger partial charge >= 0.3 is 0 Å². The first-order valence-corrected chi connectivity index (χ1v) is 28.5. The van der Waals surface area contributed by atoms with E-state index in [2.05, 4.69) is 253 Å². The second kappa shape index (κ2) is 17.3. The minimum absolute atomic E-state index is 0.0533. The Labute approximate surface area is 455 Å². The third-order valence-electron chi connectivity index (χ3n) is 18.7. The molecule has 1 aliphatic heterocycles. The Morgan fingerprint density at radius 2 is 1.10 bits per heavy atom. The molecule has 0 N–H and O–H groups in total. The van der Waals surface area contributed by atoms with Crippen molar-refractivity contribution in [2.24, 2.45) is 23.7 Å². The lowest BCUT2D eigenvalue weighted by Gasteiger charge is -2.62. The van der Waals surface area contributed by atoms with Crippen molar-refractivity contribution >= 4 is 66.1 Å². The van der Waals surface area contributed by atoms with E-state index in [9.17, 15) is 0 Å². The minimum Gasteiger partial charge on any atom is -0.457 e. The minimum atomic E-state index is -0.132. The molecule has 5 heteroatoms. The number of ether oxygens (including phenoxy) is 1. The number of para-hydroxylation sites is 4. The molecule has 0 saturated heterocycles. The van der Waals surface area contributed by atoms with Crippen molar-refractivity contribution in [3.63, 3.8) is 0 Å². The van der Waals surface area contributed by atoms with Gasteiger partial charge in [0, 0.05) is 40.2 Å². The van der Waals surface area contributed by atoms with Crippen LogP contribution in [0.3, 0.4) is 0 Å². The molecule has 8 aromatic carbocycles. The maximum absolute atomic E-state index is 7.19. The number of hydrogen-bond donors (Lipinski definition) is 0. The molecule has 5 nitrogen and oxygen atoms in total. The number of anilines is 4. The van der Waals surface area contributed by atoms with Gasteiger partial charge in [0.05, 0.1) is 28.1 Å². The van der Waals surface area contributed by atoms with Crippen molar-refractivity contribution in [1.29, 1.82) is 0 Å². The highest BCUT2D eigenvalue weighted by Crippen LogP contribution is 2.66. The van der Waals surface area contributed by atoms with E-state index in [0.717, 1.165) is 45.9 Å². The van der Waals surface area contributed by atoms with Crippen LogP contribution in [-0.4, -0.2) is 16.2 Å². The van der Waals surface area contributed by atoms with Gasteiger partial charge in [0.15, 0.2) is 0 Å². The molecule has 0 spiro atoms. The number of fused-ring (bicyclic) bond motifs is 7. The monoisotopic (exact) mass is 1010 g/mol. The largest absolute Gasteiger partial charge is 0.457 e. The van der Waals surface area contributed by atoms with Crippen LogP contribution in [0.25, 0.3) is 49.2 Å². The summed E-state index contributed by atoms with van der Waals surface area (Å²) in [4.78, 5) is 10.4. The zero-order valence-corrected chi connectivity index (χ0v) is 46.5. The van der Waals surface area contributed by atoms with E-state index in [0.29, 0.717) is 18.5 Å². The molecule has 386 valence electrons. The molecule has 4 saturated carbocycles. The van der Waals surface area contributed by atoms with E-state index in [1.807, 2.05) is 0 Å². The summed E-state index contributed by atoms with van der Waals surface area (Å²) in [5, 5.41) is 7.81. The highest BCUT2D eigenvalue weighted by atomic mass is 16.5. The van der Waals surface area contributed by atoms with Gasteiger partial charge in [0.1, 0.15) is 24.0 Å². The standard InChI is InChI=1S/C72H72N4O/c1-69(2,3)49-39-52(74-44-75(65-27-15-14-26-64(65)74)68-61(70(4,5)6)23-17-24-62(68)71(7,8)9)42-54(40-49)77-53-29-31-59-58-20-12-13-25-63(58)76(66(59)43-53)67-41-48(32-33-73-67)72(50-35-45-34-46(37-50)38-51(72)36-45)60-22-16-21-56-55-19-11-10-18-47(55)28-30-57(56)60/h10-33,39-43,45-46,50-51H,34-38,44H2,1-9H3. The molecule has 3 heterocycles. The van der Waals surface area contributed by atoms with Crippen LogP contribution >= 0.6 is 0 Å². The Morgan fingerprint density at radius 1 is 0.481 bits per heavy atom. The van der Waals surface area contributed by atoms with Crippen LogP contribution in [0, 0.1) is 23.7 Å². The summed E-state index contributed by atoms with van der Waals surface area (Å²) in [7, 11) is 0. The van der Waals surface area contributed by atoms with E-state index in [1.54, 1.807) is 0 Å². The molecule has 4 aliphatic carbocycles. The molecule has 4 bridgehead atoms. The van der Waals surface area contributed by atoms with Crippen LogP contribution in [0.4, 0.5) is 22.7 Å². The summed E-state index contributed by atoms with van der Waals surface area (Å²) in [6.07, 6.45) is 8.72. The Hall–Kier alpha value is -7.37. The highest BCUT2D eigenvalue weighted by Gasteiger charge is 2.59. The van der Waals surface area contributed by atoms with Crippen LogP contribution in [0.15, 0.2) is 176 Å². The van der Waals surface area contributed by atoms with Crippen molar-refractivity contribution in [3.8, 4) is 17.3 Å². The third kappa shape index (κ3) is 7.65. The lowest BCUT2D eigenvalue weighted by molar-refractivity contribution is -0.0412. The Kier molecular flexibility index (Phi) is 10.8. The summed E-state index contributed by atoms with van der Waals surface area (Å²) < 4.78 is 9.60. The smallest absolute Gasteiger partial charge is 0.137 e. The number of hydrogen-bond acceptors (Lipinski definition) is 4. The average molecular weight is 1010 g/mol. The highest BCUT2D eigenvalue weighted by molar-refractivity contribution is 6.10. The van der Waals surface area contributed by atoms with Crippen molar-refractivity contribution in [2.75, 3.05) is 16.5 Å². The summed E-state index contributed by atoms with van der Waals surface area (Å²) in [6, 6.07) is 64.1. The van der Waals surface area contributed by atoms with Gasteiger partial charge in [-0.05, 0) is 176 Å². The quantitative estimate of drug-likeness (QED) is 0.149. The summed E-state index contributed by atoms with van der Waals surface area (Å²) >= 11 is 0. The molecule has 0 unspecified atom stereocenters. The molecular weight excluding hydrogens is 937 g/mol. The Balaban J connectivity index is 0.886. The van der Waals surface area contributed by atoms with Crippen molar-refractivity contribution in [1.82, 2.24) is 9.55 Å². The molecule has 2 aromatic heterocycles. The lowest BCUT2D eigenvalue weighted by atomic mass is 9.42. The van der Waals surface area contributed by atoms with Crippen molar-refractivity contribution in [2.45, 2.75) is 116 Å². The Bertz CT molecular complexity index is 3930. The molecule has 15 rings (SSSR count). The molecular formula is C72H72N4O. The average Bonchev–Trinajstić information content (AvgIpc) is 4.06. The molecule has 5 aliphatic rings. The van der Waals surface area contributed by atoms with Crippen LogP contribution in [0.2, 0.25) is 0 Å². The third-order valence-corrected chi connectivity index (χ3v) is 18.7. The summed E-state index contributed by atoms with van der Waals surface area (Å²) in [5.74, 6) is 5.40. The fraction of sp³-hybridized carbons (Fsp3) is 0.319. The number of pyridine rings is 1. The van der Waals surface area contributed by atoms with Gasteiger partial charge in [-0.3, -0.25) is 4.57 Å². The molecule has 10 aromatic rings. The van der Waals surface area contributed by atoms with Gasteiger partial charge in [0.25, 0.3) is 0 Å². The first-order chi connectivity index (χ1) is 37.0. The topological polar surface area (TPSA) is 33.5 Å². The molecule has 4 fully saturated rings. The second-order valence-corrected chi connectivity index (χ2v) is 26.6. The fourth-order valence-corrected chi connectivity index (χ4v) is 15.5. The zero-order chi connectivity index (χ0) is 52.8. The van der Waals surface area contributed by atoms with Gasteiger partial charge < -0.3 is 14.5 Å². The van der Waals surface area contributed by atoms with Crippen LogP contribution in [0.5, 0.6) is 11.5 Å². The van der Waals surface area contributed by atoms with E-state index in [1.165, 1.54) is 109 Å². The lowest BCUT2D eigenvalue weighted by Crippen LogP contribution is -2.56. The van der Waals surface area contributed by atoms with Gasteiger partial charge in [-0.1, -0.05) is 165 Å². The van der Waals surface area contributed by atoms with Gasteiger partial charge in [-0.25, -0.2) is 4.98 Å². The maximum atomic E-state index is 7.19. The molecule has 77 heavy (non-hydrogen) atoms.